The number of sulfonamides is 1. The molecule has 0 aliphatic heterocycles. The van der Waals surface area contributed by atoms with Gasteiger partial charge in [0.2, 0.25) is 0 Å². The molecule has 6 nitrogen and oxygen atoms in total. The lowest BCUT2D eigenvalue weighted by Crippen LogP contribution is -2.14. The summed E-state index contributed by atoms with van der Waals surface area (Å²) in [5.41, 5.74) is 6.72. The molecule has 2 rings (SSSR count). The molecule has 0 radical (unpaired) electrons. The number of rotatable bonds is 3. The highest BCUT2D eigenvalue weighted by molar-refractivity contribution is 9.10. The van der Waals surface area contributed by atoms with Crippen LogP contribution in [0.2, 0.25) is 0 Å². The third-order valence-corrected chi connectivity index (χ3v) is 4.54. The molecule has 96 valence electrons. The summed E-state index contributed by atoms with van der Waals surface area (Å²) in [6.07, 6.45) is 0. The van der Waals surface area contributed by atoms with Crippen molar-refractivity contribution < 1.29 is 8.42 Å². The molecule has 0 saturated heterocycles. The summed E-state index contributed by atoms with van der Waals surface area (Å²) in [5, 5.41) is 6.47. The van der Waals surface area contributed by atoms with Crippen LogP contribution in [-0.4, -0.2) is 18.6 Å². The standard InChI is InChI=1S/C10H11BrN4O2S/c1-6-4-10(14-13-6)15-18(16,17)9-5-7(12)2-3-8(9)11/h2-5H,12H2,1H3,(H2,13,14,15). The smallest absolute Gasteiger partial charge is 0.264 e. The van der Waals surface area contributed by atoms with Crippen LogP contribution in [0, 0.1) is 6.92 Å². The highest BCUT2D eigenvalue weighted by Crippen LogP contribution is 2.25. The molecule has 18 heavy (non-hydrogen) atoms. The Hall–Kier alpha value is -1.54. The summed E-state index contributed by atoms with van der Waals surface area (Å²) in [4.78, 5) is 0.0724. The van der Waals surface area contributed by atoms with Gasteiger partial charge in [-0.2, -0.15) is 5.10 Å². The molecule has 0 saturated carbocycles. The molecule has 1 aromatic carbocycles. The maximum Gasteiger partial charge on any atom is 0.264 e. The fraction of sp³-hybridized carbons (Fsp3) is 0.100. The average Bonchev–Trinajstić information content (AvgIpc) is 2.66. The fourth-order valence-corrected chi connectivity index (χ4v) is 3.38. The first-order chi connectivity index (χ1) is 8.38. The Bertz CT molecular complexity index is 681. The van der Waals surface area contributed by atoms with Crippen molar-refractivity contribution in [1.29, 1.82) is 0 Å². The van der Waals surface area contributed by atoms with Gasteiger partial charge >= 0.3 is 0 Å². The maximum absolute atomic E-state index is 12.1. The van der Waals surface area contributed by atoms with Crippen molar-refractivity contribution in [2.24, 2.45) is 0 Å². The Kier molecular flexibility index (Phi) is 3.31. The van der Waals surface area contributed by atoms with E-state index in [0.29, 0.717) is 10.2 Å². The molecule has 0 bridgehead atoms. The quantitative estimate of drug-likeness (QED) is 0.747. The minimum absolute atomic E-state index is 0.0724. The van der Waals surface area contributed by atoms with Gasteiger partial charge < -0.3 is 5.73 Å². The van der Waals surface area contributed by atoms with Crippen LogP contribution in [0.4, 0.5) is 11.5 Å². The second-order valence-electron chi connectivity index (χ2n) is 3.73. The van der Waals surface area contributed by atoms with Crippen molar-refractivity contribution in [1.82, 2.24) is 10.2 Å². The summed E-state index contributed by atoms with van der Waals surface area (Å²) in [6.45, 7) is 1.78. The third-order valence-electron chi connectivity index (χ3n) is 2.19. The highest BCUT2D eigenvalue weighted by atomic mass is 79.9. The van der Waals surface area contributed by atoms with Crippen LogP contribution in [0.3, 0.4) is 0 Å². The van der Waals surface area contributed by atoms with E-state index < -0.39 is 10.0 Å². The number of benzene rings is 1. The molecule has 0 spiro atoms. The Balaban J connectivity index is 2.39. The zero-order valence-corrected chi connectivity index (χ0v) is 11.8. The number of H-pyrrole nitrogens is 1. The SMILES string of the molecule is Cc1cc(NS(=O)(=O)c2cc(N)ccc2Br)n[nH]1. The third kappa shape index (κ3) is 2.65. The summed E-state index contributed by atoms with van der Waals surface area (Å²) in [6, 6.07) is 6.17. The molecule has 1 heterocycles. The van der Waals surface area contributed by atoms with E-state index in [-0.39, 0.29) is 10.7 Å². The number of nitrogens with one attached hydrogen (secondary N) is 2. The van der Waals surface area contributed by atoms with Gasteiger partial charge in [0.05, 0.1) is 0 Å². The number of aromatic nitrogens is 2. The van der Waals surface area contributed by atoms with Gasteiger partial charge in [0, 0.05) is 21.9 Å². The molecule has 0 amide bonds. The molecule has 0 unspecified atom stereocenters. The van der Waals surface area contributed by atoms with E-state index in [4.69, 9.17) is 5.73 Å². The normalized spacial score (nSPS) is 11.4. The van der Waals surface area contributed by atoms with E-state index in [1.807, 2.05) is 0 Å². The van der Waals surface area contributed by atoms with Crippen LogP contribution in [0.25, 0.3) is 0 Å². The molecule has 0 atom stereocenters. The Morgan fingerprint density at radius 2 is 2.11 bits per heavy atom. The largest absolute Gasteiger partial charge is 0.399 e. The number of nitrogens with two attached hydrogens (primary N) is 1. The predicted octanol–water partition coefficient (Wildman–Crippen LogP) is 1.86. The van der Waals surface area contributed by atoms with Crippen molar-refractivity contribution in [2.75, 3.05) is 10.5 Å². The zero-order valence-electron chi connectivity index (χ0n) is 9.44. The van der Waals surface area contributed by atoms with Crippen molar-refractivity contribution in [3.05, 3.63) is 34.4 Å². The number of anilines is 2. The van der Waals surface area contributed by atoms with E-state index >= 15 is 0 Å². The Morgan fingerprint density at radius 3 is 2.72 bits per heavy atom. The number of hydrogen-bond acceptors (Lipinski definition) is 4. The van der Waals surface area contributed by atoms with E-state index in [0.717, 1.165) is 5.69 Å². The van der Waals surface area contributed by atoms with Crippen molar-refractivity contribution in [3.63, 3.8) is 0 Å². The number of nitrogens with zero attached hydrogens (tertiary/aromatic N) is 1. The first-order valence-corrected chi connectivity index (χ1v) is 7.26. The number of hydrogen-bond donors (Lipinski definition) is 3. The maximum atomic E-state index is 12.1. The van der Waals surface area contributed by atoms with Gasteiger partial charge in [-0.3, -0.25) is 9.82 Å². The summed E-state index contributed by atoms with van der Waals surface area (Å²) in [7, 11) is -3.71. The molecule has 4 N–H and O–H groups in total. The number of aryl methyl sites for hydroxylation is 1. The van der Waals surface area contributed by atoms with Crippen LogP contribution in [0.1, 0.15) is 5.69 Å². The van der Waals surface area contributed by atoms with Crippen molar-refractivity contribution >= 4 is 37.5 Å². The first kappa shape index (κ1) is 12.9. The van der Waals surface area contributed by atoms with Crippen LogP contribution < -0.4 is 10.5 Å². The minimum atomic E-state index is -3.71. The van der Waals surface area contributed by atoms with Gasteiger partial charge in [0.1, 0.15) is 4.90 Å². The number of nitrogen functional groups attached to an aromatic ring is 1. The molecule has 1 aromatic heterocycles. The van der Waals surface area contributed by atoms with Crippen LogP contribution in [0.5, 0.6) is 0 Å². The van der Waals surface area contributed by atoms with Gasteiger partial charge in [0.15, 0.2) is 5.82 Å². The topological polar surface area (TPSA) is 101 Å². The second-order valence-corrected chi connectivity index (χ2v) is 6.24. The molecular weight excluding hydrogens is 320 g/mol. The zero-order chi connectivity index (χ0) is 13.3. The predicted molar refractivity (Wildman–Crippen MR) is 72.7 cm³/mol. The molecule has 2 aromatic rings. The van der Waals surface area contributed by atoms with Gasteiger partial charge in [-0.1, -0.05) is 0 Å². The van der Waals surface area contributed by atoms with E-state index in [1.165, 1.54) is 6.07 Å². The van der Waals surface area contributed by atoms with E-state index in [9.17, 15) is 8.42 Å². The van der Waals surface area contributed by atoms with Gasteiger partial charge in [-0.25, -0.2) is 8.42 Å². The van der Waals surface area contributed by atoms with E-state index in [1.54, 1.807) is 25.1 Å². The highest BCUT2D eigenvalue weighted by Gasteiger charge is 2.19. The molecule has 0 aliphatic rings. The van der Waals surface area contributed by atoms with Gasteiger partial charge in [-0.05, 0) is 41.1 Å². The summed E-state index contributed by atoms with van der Waals surface area (Å²) < 4.78 is 27.1. The molecular formula is C10H11BrN4O2S. The van der Waals surface area contributed by atoms with Crippen molar-refractivity contribution in [2.45, 2.75) is 11.8 Å². The summed E-state index contributed by atoms with van der Waals surface area (Å²) >= 11 is 3.18. The minimum Gasteiger partial charge on any atom is -0.399 e. The van der Waals surface area contributed by atoms with Gasteiger partial charge in [0.25, 0.3) is 10.0 Å². The lowest BCUT2D eigenvalue weighted by atomic mass is 10.3. The van der Waals surface area contributed by atoms with Crippen LogP contribution >= 0.6 is 15.9 Å². The molecule has 0 fully saturated rings. The fourth-order valence-electron chi connectivity index (χ4n) is 1.39. The number of aromatic amines is 1. The average molecular weight is 331 g/mol. The second kappa shape index (κ2) is 4.62. The first-order valence-electron chi connectivity index (χ1n) is 4.98. The Labute approximate surface area is 113 Å². The summed E-state index contributed by atoms with van der Waals surface area (Å²) in [5.74, 6) is 0.238. The van der Waals surface area contributed by atoms with E-state index in [2.05, 4.69) is 30.8 Å². The van der Waals surface area contributed by atoms with Crippen molar-refractivity contribution in [3.8, 4) is 0 Å². The Morgan fingerprint density at radius 1 is 1.39 bits per heavy atom. The van der Waals surface area contributed by atoms with Crippen LogP contribution in [-0.2, 0) is 10.0 Å². The molecule has 8 heteroatoms. The lowest BCUT2D eigenvalue weighted by Gasteiger charge is -2.08. The van der Waals surface area contributed by atoms with Crippen LogP contribution in [0.15, 0.2) is 33.6 Å². The lowest BCUT2D eigenvalue weighted by molar-refractivity contribution is 0.600. The monoisotopic (exact) mass is 330 g/mol. The molecule has 0 aliphatic carbocycles. The number of halogens is 1. The van der Waals surface area contributed by atoms with Gasteiger partial charge in [-0.15, -0.1) is 0 Å².